The Balaban J connectivity index is 2.16. The molecular weight excluding hydrogens is 336 g/mol. The normalized spacial score (nSPS) is 11.0. The summed E-state index contributed by atoms with van der Waals surface area (Å²) in [6, 6.07) is 7.07. The number of rotatable bonds is 2. The van der Waals surface area contributed by atoms with E-state index >= 15 is 0 Å². The van der Waals surface area contributed by atoms with Gasteiger partial charge in [0.25, 0.3) is 0 Å². The summed E-state index contributed by atoms with van der Waals surface area (Å²) in [5, 5.41) is 1.31. The van der Waals surface area contributed by atoms with Gasteiger partial charge >= 0.3 is 0 Å². The maximum absolute atomic E-state index is 13.2. The van der Waals surface area contributed by atoms with Gasteiger partial charge in [-0.15, -0.1) is 0 Å². The number of aromatic nitrogens is 1. The molecule has 0 aliphatic carbocycles. The second-order valence-corrected chi connectivity index (χ2v) is 5.72. The molecule has 0 unspecified atom stereocenters. The first-order chi connectivity index (χ1) is 9.97. The summed E-state index contributed by atoms with van der Waals surface area (Å²) in [7, 11) is 0. The molecule has 0 aliphatic heterocycles. The van der Waals surface area contributed by atoms with Crippen LogP contribution < -0.4 is 0 Å². The van der Waals surface area contributed by atoms with Crippen LogP contribution in [0.3, 0.4) is 0 Å². The number of nitrogens with one attached hydrogen (secondary N) is 1. The molecule has 2 aromatic carbocycles. The van der Waals surface area contributed by atoms with E-state index in [1.807, 2.05) is 0 Å². The van der Waals surface area contributed by atoms with Gasteiger partial charge in [0, 0.05) is 33.2 Å². The summed E-state index contributed by atoms with van der Waals surface area (Å²) in [5.41, 5.74) is 1.33. The van der Waals surface area contributed by atoms with Crippen LogP contribution in [-0.2, 0) is 0 Å². The van der Waals surface area contributed by atoms with Crippen molar-refractivity contribution in [2.75, 3.05) is 0 Å². The molecule has 0 amide bonds. The van der Waals surface area contributed by atoms with E-state index in [0.717, 1.165) is 6.07 Å². The van der Waals surface area contributed by atoms with E-state index in [-0.39, 0.29) is 16.4 Å². The highest BCUT2D eigenvalue weighted by molar-refractivity contribution is 6.40. The minimum atomic E-state index is -0.572. The van der Waals surface area contributed by atoms with Gasteiger partial charge in [-0.1, -0.05) is 34.8 Å². The fourth-order valence-corrected chi connectivity index (χ4v) is 2.93. The van der Waals surface area contributed by atoms with Gasteiger partial charge in [-0.2, -0.15) is 0 Å². The first kappa shape index (κ1) is 14.4. The number of carbonyl (C=O) groups excluding carboxylic acids is 1. The van der Waals surface area contributed by atoms with Gasteiger partial charge in [0.2, 0.25) is 0 Å². The number of benzene rings is 2. The van der Waals surface area contributed by atoms with Crippen molar-refractivity contribution in [3.8, 4) is 0 Å². The number of ketones is 1. The van der Waals surface area contributed by atoms with Gasteiger partial charge in [-0.3, -0.25) is 4.79 Å². The van der Waals surface area contributed by atoms with Crippen molar-refractivity contribution in [2.24, 2.45) is 0 Å². The van der Waals surface area contributed by atoms with Crippen LogP contribution in [0.5, 0.6) is 0 Å². The summed E-state index contributed by atoms with van der Waals surface area (Å²) in [6.07, 6.45) is 1.55. The third-order valence-electron chi connectivity index (χ3n) is 3.12. The van der Waals surface area contributed by atoms with Crippen LogP contribution in [0, 0.1) is 5.82 Å². The average Bonchev–Trinajstić information content (AvgIpc) is 2.85. The summed E-state index contributed by atoms with van der Waals surface area (Å²) in [4.78, 5) is 15.5. The van der Waals surface area contributed by atoms with Crippen molar-refractivity contribution in [1.29, 1.82) is 0 Å². The SMILES string of the molecule is O=C(c1ccc(F)c(Cl)c1)c1c[nH]c2cc(Cl)cc(Cl)c12. The Morgan fingerprint density at radius 3 is 2.52 bits per heavy atom. The monoisotopic (exact) mass is 341 g/mol. The minimum Gasteiger partial charge on any atom is -0.360 e. The predicted octanol–water partition coefficient (Wildman–Crippen LogP) is 5.50. The summed E-state index contributed by atoms with van der Waals surface area (Å²) in [5.74, 6) is -0.871. The van der Waals surface area contributed by atoms with Crippen molar-refractivity contribution in [2.45, 2.75) is 0 Å². The number of halogens is 4. The molecular formula is C15H7Cl3FNO. The van der Waals surface area contributed by atoms with Gasteiger partial charge in [-0.05, 0) is 30.3 Å². The Kier molecular flexibility index (Phi) is 3.66. The highest BCUT2D eigenvalue weighted by atomic mass is 35.5. The second-order valence-electron chi connectivity index (χ2n) is 4.47. The zero-order valence-electron chi connectivity index (χ0n) is 10.4. The number of hydrogen-bond acceptors (Lipinski definition) is 1. The fourth-order valence-electron chi connectivity index (χ4n) is 2.16. The van der Waals surface area contributed by atoms with Gasteiger partial charge in [0.05, 0.1) is 10.0 Å². The number of carbonyl (C=O) groups is 1. The van der Waals surface area contributed by atoms with Gasteiger partial charge in [-0.25, -0.2) is 4.39 Å². The molecule has 2 nitrogen and oxygen atoms in total. The molecule has 0 saturated carbocycles. The summed E-state index contributed by atoms with van der Waals surface area (Å²) >= 11 is 17.8. The van der Waals surface area contributed by atoms with E-state index in [2.05, 4.69) is 4.98 Å². The van der Waals surface area contributed by atoms with Crippen LogP contribution >= 0.6 is 34.8 Å². The maximum Gasteiger partial charge on any atom is 0.195 e. The Morgan fingerprint density at radius 2 is 1.81 bits per heavy atom. The lowest BCUT2D eigenvalue weighted by molar-refractivity contribution is 0.104. The smallest absolute Gasteiger partial charge is 0.195 e. The van der Waals surface area contributed by atoms with Crippen LogP contribution in [0.15, 0.2) is 36.5 Å². The van der Waals surface area contributed by atoms with Crippen molar-refractivity contribution in [1.82, 2.24) is 4.98 Å². The van der Waals surface area contributed by atoms with Gasteiger partial charge < -0.3 is 4.98 Å². The third kappa shape index (κ3) is 2.53. The molecule has 106 valence electrons. The molecule has 0 spiro atoms. The lowest BCUT2D eigenvalue weighted by atomic mass is 10.0. The Morgan fingerprint density at radius 1 is 1.05 bits per heavy atom. The van der Waals surface area contributed by atoms with E-state index in [1.54, 1.807) is 18.3 Å². The molecule has 0 radical (unpaired) electrons. The molecule has 0 atom stereocenters. The van der Waals surface area contributed by atoms with Crippen LogP contribution in [0.4, 0.5) is 4.39 Å². The number of H-pyrrole nitrogens is 1. The molecule has 3 rings (SSSR count). The lowest BCUT2D eigenvalue weighted by Gasteiger charge is -2.03. The van der Waals surface area contributed by atoms with Crippen molar-refractivity contribution in [3.05, 3.63) is 68.5 Å². The number of hydrogen-bond donors (Lipinski definition) is 1. The molecule has 1 N–H and O–H groups in total. The first-order valence-corrected chi connectivity index (χ1v) is 7.06. The molecule has 21 heavy (non-hydrogen) atoms. The van der Waals surface area contributed by atoms with Crippen molar-refractivity contribution >= 4 is 51.5 Å². The van der Waals surface area contributed by atoms with Crippen molar-refractivity contribution in [3.63, 3.8) is 0 Å². The van der Waals surface area contributed by atoms with Crippen LogP contribution in [0.1, 0.15) is 15.9 Å². The van der Waals surface area contributed by atoms with Crippen LogP contribution in [-0.4, -0.2) is 10.8 Å². The van der Waals surface area contributed by atoms with E-state index < -0.39 is 5.82 Å². The largest absolute Gasteiger partial charge is 0.360 e. The Labute approximate surface area is 134 Å². The fraction of sp³-hybridized carbons (Fsp3) is 0. The first-order valence-electron chi connectivity index (χ1n) is 5.93. The Hall–Kier alpha value is -1.55. The molecule has 0 fully saturated rings. The minimum absolute atomic E-state index is 0.102. The summed E-state index contributed by atoms with van der Waals surface area (Å²) in [6.45, 7) is 0. The molecule has 1 heterocycles. The second kappa shape index (κ2) is 5.34. The van der Waals surface area contributed by atoms with E-state index in [0.29, 0.717) is 26.5 Å². The maximum atomic E-state index is 13.2. The third-order valence-corrected chi connectivity index (χ3v) is 3.93. The summed E-state index contributed by atoms with van der Waals surface area (Å²) < 4.78 is 13.2. The lowest BCUT2D eigenvalue weighted by Crippen LogP contribution is -2.01. The highest BCUT2D eigenvalue weighted by Crippen LogP contribution is 2.31. The number of fused-ring (bicyclic) bond motifs is 1. The Bertz CT molecular complexity index is 873. The van der Waals surface area contributed by atoms with Crippen LogP contribution in [0.2, 0.25) is 15.1 Å². The van der Waals surface area contributed by atoms with Crippen LogP contribution in [0.25, 0.3) is 10.9 Å². The van der Waals surface area contributed by atoms with Gasteiger partial charge in [0.15, 0.2) is 5.78 Å². The molecule has 3 aromatic rings. The van der Waals surface area contributed by atoms with E-state index in [1.165, 1.54) is 12.1 Å². The molecule has 0 saturated heterocycles. The average molecular weight is 343 g/mol. The molecule has 6 heteroatoms. The predicted molar refractivity (Wildman–Crippen MR) is 83.2 cm³/mol. The molecule has 0 bridgehead atoms. The molecule has 0 aliphatic rings. The van der Waals surface area contributed by atoms with E-state index in [4.69, 9.17) is 34.8 Å². The standard InChI is InChI=1S/C15H7Cl3FNO/c16-8-4-11(18)14-9(6-20-13(14)5-8)15(21)7-1-2-12(19)10(17)3-7/h1-6,20H. The van der Waals surface area contributed by atoms with E-state index in [9.17, 15) is 9.18 Å². The number of aromatic amines is 1. The zero-order valence-corrected chi connectivity index (χ0v) is 12.7. The zero-order chi connectivity index (χ0) is 15.1. The van der Waals surface area contributed by atoms with Crippen molar-refractivity contribution < 1.29 is 9.18 Å². The quantitative estimate of drug-likeness (QED) is 0.613. The molecule has 1 aromatic heterocycles. The topological polar surface area (TPSA) is 32.9 Å². The van der Waals surface area contributed by atoms with Gasteiger partial charge in [0.1, 0.15) is 5.82 Å². The highest BCUT2D eigenvalue weighted by Gasteiger charge is 2.18.